The van der Waals surface area contributed by atoms with E-state index < -0.39 is 0 Å². The zero-order chi connectivity index (χ0) is 10.5. The van der Waals surface area contributed by atoms with E-state index in [1.165, 1.54) is 12.8 Å². The van der Waals surface area contributed by atoms with Gasteiger partial charge in [0.2, 0.25) is 0 Å². The van der Waals surface area contributed by atoms with E-state index >= 15 is 0 Å². The number of hydrogen-bond acceptors (Lipinski definition) is 1. The fourth-order valence-corrected chi connectivity index (χ4v) is 2.28. The van der Waals surface area contributed by atoms with Gasteiger partial charge in [-0.3, -0.25) is 0 Å². The molecule has 0 atom stereocenters. The molecule has 0 aliphatic carbocycles. The van der Waals surface area contributed by atoms with Crippen molar-refractivity contribution >= 4 is 0 Å². The summed E-state index contributed by atoms with van der Waals surface area (Å²) in [5.74, 6) is 1.44. The molecule has 1 heteroatoms. The summed E-state index contributed by atoms with van der Waals surface area (Å²) in [5.41, 5.74) is 0.0943. The summed E-state index contributed by atoms with van der Waals surface area (Å²) in [5, 5.41) is 0. The third kappa shape index (κ3) is 6.09. The van der Waals surface area contributed by atoms with Crippen molar-refractivity contribution in [3.8, 4) is 0 Å². The number of rotatable bonds is 6. The first-order valence-electron chi connectivity index (χ1n) is 5.53. The fourth-order valence-electron chi connectivity index (χ4n) is 2.28. The first kappa shape index (κ1) is 13.0. The molecule has 0 radical (unpaired) electrons. The van der Waals surface area contributed by atoms with Crippen LogP contribution in [0.5, 0.6) is 0 Å². The molecule has 0 N–H and O–H groups in total. The predicted octanol–water partition coefficient (Wildman–Crippen LogP) is 3.87. The Kier molecular flexibility index (Phi) is 5.62. The molecule has 80 valence electrons. The van der Waals surface area contributed by atoms with Crippen molar-refractivity contribution in [2.24, 2.45) is 11.8 Å². The zero-order valence-electron chi connectivity index (χ0n) is 10.2. The molecule has 13 heavy (non-hydrogen) atoms. The van der Waals surface area contributed by atoms with Gasteiger partial charge < -0.3 is 4.74 Å². The summed E-state index contributed by atoms with van der Waals surface area (Å²) in [4.78, 5) is 0. The molecule has 0 aliphatic heterocycles. The Bertz CT molecular complexity index is 117. The summed E-state index contributed by atoms with van der Waals surface area (Å²) >= 11 is 0. The quantitative estimate of drug-likeness (QED) is 0.612. The van der Waals surface area contributed by atoms with Crippen LogP contribution in [0.3, 0.4) is 0 Å². The van der Waals surface area contributed by atoms with E-state index in [4.69, 9.17) is 4.74 Å². The summed E-state index contributed by atoms with van der Waals surface area (Å²) in [6.45, 7) is 14.2. The molecular weight excluding hydrogens is 160 g/mol. The van der Waals surface area contributed by atoms with Gasteiger partial charge in [-0.25, -0.2) is 0 Å². The van der Waals surface area contributed by atoms with Gasteiger partial charge in [0.05, 0.1) is 5.60 Å². The lowest BCUT2D eigenvalue weighted by Gasteiger charge is -2.32. The largest absolute Gasteiger partial charge is 0.376 e. The molecule has 0 aromatic heterocycles. The van der Waals surface area contributed by atoms with Gasteiger partial charge in [0.1, 0.15) is 0 Å². The highest BCUT2D eigenvalue weighted by Crippen LogP contribution is 2.28. The smallest absolute Gasteiger partial charge is 0.0659 e. The molecule has 0 amide bonds. The Morgan fingerprint density at radius 1 is 1.00 bits per heavy atom. The van der Waals surface area contributed by atoms with E-state index in [9.17, 15) is 0 Å². The second-order valence-electron chi connectivity index (χ2n) is 5.08. The Balaban J connectivity index is 4.15. The maximum absolute atomic E-state index is 5.85. The minimum absolute atomic E-state index is 0.0943. The van der Waals surface area contributed by atoms with E-state index in [0.717, 1.165) is 18.4 Å². The molecule has 0 bridgehead atoms. The summed E-state index contributed by atoms with van der Waals surface area (Å²) in [6.07, 6.45) is 2.33. The van der Waals surface area contributed by atoms with Crippen molar-refractivity contribution in [1.29, 1.82) is 0 Å². The van der Waals surface area contributed by atoms with Crippen LogP contribution in [0.2, 0.25) is 0 Å². The molecule has 0 spiro atoms. The maximum atomic E-state index is 5.85. The SMILES string of the molecule is CCOC(C)(CC(C)C)CC(C)C. The fraction of sp³-hybridized carbons (Fsp3) is 1.00. The average Bonchev–Trinajstić information content (AvgIpc) is 1.81. The third-order valence-electron chi connectivity index (χ3n) is 2.17. The van der Waals surface area contributed by atoms with Crippen molar-refractivity contribution in [2.45, 2.75) is 60.0 Å². The van der Waals surface area contributed by atoms with Crippen molar-refractivity contribution in [2.75, 3.05) is 6.61 Å². The van der Waals surface area contributed by atoms with Crippen LogP contribution in [0.25, 0.3) is 0 Å². The van der Waals surface area contributed by atoms with Gasteiger partial charge in [-0.15, -0.1) is 0 Å². The van der Waals surface area contributed by atoms with Crippen molar-refractivity contribution in [3.63, 3.8) is 0 Å². The summed E-state index contributed by atoms with van der Waals surface area (Å²) < 4.78 is 5.85. The minimum Gasteiger partial charge on any atom is -0.376 e. The molecular formula is C12H26O. The maximum Gasteiger partial charge on any atom is 0.0659 e. The number of ether oxygens (including phenoxy) is 1. The molecule has 0 aromatic carbocycles. The van der Waals surface area contributed by atoms with Crippen LogP contribution in [-0.2, 0) is 4.74 Å². The molecule has 0 fully saturated rings. The predicted molar refractivity (Wildman–Crippen MR) is 58.9 cm³/mol. The molecule has 0 saturated heterocycles. The van der Waals surface area contributed by atoms with Gasteiger partial charge in [0, 0.05) is 6.61 Å². The Hall–Kier alpha value is -0.0400. The molecule has 0 unspecified atom stereocenters. The van der Waals surface area contributed by atoms with Gasteiger partial charge >= 0.3 is 0 Å². The van der Waals surface area contributed by atoms with Crippen LogP contribution in [0.1, 0.15) is 54.4 Å². The highest BCUT2D eigenvalue weighted by atomic mass is 16.5. The molecule has 0 saturated carbocycles. The standard InChI is InChI=1S/C12H26O/c1-7-13-12(6,8-10(2)3)9-11(4)5/h10-11H,7-9H2,1-6H3. The van der Waals surface area contributed by atoms with Gasteiger partial charge in [-0.2, -0.15) is 0 Å². The van der Waals surface area contributed by atoms with Crippen LogP contribution in [0.4, 0.5) is 0 Å². The van der Waals surface area contributed by atoms with E-state index in [1.807, 2.05) is 0 Å². The first-order chi connectivity index (χ1) is 5.89. The monoisotopic (exact) mass is 186 g/mol. The molecule has 0 rings (SSSR count). The second-order valence-corrected chi connectivity index (χ2v) is 5.08. The van der Waals surface area contributed by atoms with Crippen LogP contribution < -0.4 is 0 Å². The van der Waals surface area contributed by atoms with Crippen molar-refractivity contribution in [1.82, 2.24) is 0 Å². The first-order valence-corrected chi connectivity index (χ1v) is 5.53. The van der Waals surface area contributed by atoms with Gasteiger partial charge in [-0.1, -0.05) is 27.7 Å². The van der Waals surface area contributed by atoms with Gasteiger partial charge in [0.25, 0.3) is 0 Å². The Morgan fingerprint density at radius 3 is 1.62 bits per heavy atom. The Labute approximate surface area is 83.9 Å². The lowest BCUT2D eigenvalue weighted by Crippen LogP contribution is -2.32. The zero-order valence-corrected chi connectivity index (χ0v) is 10.2. The lowest BCUT2D eigenvalue weighted by molar-refractivity contribution is -0.0527. The summed E-state index contributed by atoms with van der Waals surface area (Å²) in [6, 6.07) is 0. The van der Waals surface area contributed by atoms with Crippen LogP contribution in [-0.4, -0.2) is 12.2 Å². The van der Waals surface area contributed by atoms with Gasteiger partial charge in [0.15, 0.2) is 0 Å². The topological polar surface area (TPSA) is 9.23 Å². The van der Waals surface area contributed by atoms with E-state index in [-0.39, 0.29) is 5.60 Å². The lowest BCUT2D eigenvalue weighted by atomic mass is 9.86. The molecule has 0 aliphatic rings. The second kappa shape index (κ2) is 5.64. The normalized spacial score (nSPS) is 12.9. The van der Waals surface area contributed by atoms with Crippen molar-refractivity contribution in [3.05, 3.63) is 0 Å². The van der Waals surface area contributed by atoms with Gasteiger partial charge in [-0.05, 0) is 38.5 Å². The van der Waals surface area contributed by atoms with Crippen LogP contribution in [0.15, 0.2) is 0 Å². The average molecular weight is 186 g/mol. The van der Waals surface area contributed by atoms with E-state index in [2.05, 4.69) is 41.5 Å². The Morgan fingerprint density at radius 2 is 1.38 bits per heavy atom. The summed E-state index contributed by atoms with van der Waals surface area (Å²) in [7, 11) is 0. The highest BCUT2D eigenvalue weighted by Gasteiger charge is 2.26. The van der Waals surface area contributed by atoms with E-state index in [0.29, 0.717) is 0 Å². The van der Waals surface area contributed by atoms with Crippen LogP contribution >= 0.6 is 0 Å². The third-order valence-corrected chi connectivity index (χ3v) is 2.17. The molecule has 0 aromatic rings. The van der Waals surface area contributed by atoms with E-state index in [1.54, 1.807) is 0 Å². The van der Waals surface area contributed by atoms with Crippen LogP contribution in [0, 0.1) is 11.8 Å². The minimum atomic E-state index is 0.0943. The highest BCUT2D eigenvalue weighted by molar-refractivity contribution is 4.77. The molecule has 1 nitrogen and oxygen atoms in total. The number of hydrogen-bond donors (Lipinski definition) is 0. The molecule has 0 heterocycles. The van der Waals surface area contributed by atoms with Crippen molar-refractivity contribution < 1.29 is 4.74 Å².